The zero-order valence-corrected chi connectivity index (χ0v) is 15.9. The minimum absolute atomic E-state index is 0.0605. The van der Waals surface area contributed by atoms with Crippen LogP contribution in [0, 0.1) is 0 Å². The van der Waals surface area contributed by atoms with Crippen molar-refractivity contribution in [3.8, 4) is 0 Å². The lowest BCUT2D eigenvalue weighted by Gasteiger charge is -2.24. The third-order valence-corrected chi connectivity index (χ3v) is 5.66. The van der Waals surface area contributed by atoms with Crippen LogP contribution in [0.3, 0.4) is 0 Å². The van der Waals surface area contributed by atoms with E-state index in [1.165, 1.54) is 12.2 Å². The fourth-order valence-corrected chi connectivity index (χ4v) is 4.28. The number of hydrogen-bond donors (Lipinski definition) is 0. The molecule has 0 aliphatic carbocycles. The highest BCUT2D eigenvalue weighted by atomic mass is 32.2. The van der Waals surface area contributed by atoms with Gasteiger partial charge in [-0.05, 0) is 40.5 Å². The van der Waals surface area contributed by atoms with Crippen LogP contribution in [0.1, 0.15) is 54.4 Å². The van der Waals surface area contributed by atoms with E-state index in [1.54, 1.807) is 41.5 Å². The predicted octanol–water partition coefficient (Wildman–Crippen LogP) is 2.61. The van der Waals surface area contributed by atoms with Gasteiger partial charge in [-0.15, -0.1) is 0 Å². The third kappa shape index (κ3) is 9.55. The van der Waals surface area contributed by atoms with E-state index in [0.717, 1.165) is 0 Å². The quantitative estimate of drug-likeness (QED) is 0.442. The molecule has 0 bridgehead atoms. The number of hydrogen-bond acceptors (Lipinski definition) is 6. The maximum absolute atomic E-state index is 11.7. The maximum atomic E-state index is 11.7. The van der Waals surface area contributed by atoms with E-state index in [4.69, 9.17) is 8.37 Å². The molecule has 0 radical (unpaired) electrons. The second-order valence-electron chi connectivity index (χ2n) is 6.23. The summed E-state index contributed by atoms with van der Waals surface area (Å²) in [6.07, 6.45) is 3.93. The Morgan fingerprint density at radius 1 is 0.727 bits per heavy atom. The Balaban J connectivity index is 5.00. The third-order valence-electron chi connectivity index (χ3n) is 2.48. The fraction of sp³-hybridized carbons (Fsp3) is 0.857. The molecule has 0 amide bonds. The van der Waals surface area contributed by atoms with Crippen molar-refractivity contribution in [1.82, 2.24) is 0 Å². The van der Waals surface area contributed by atoms with Gasteiger partial charge in [0.25, 0.3) is 20.2 Å². The lowest BCUT2D eigenvalue weighted by molar-refractivity contribution is 0.152. The Morgan fingerprint density at radius 3 is 1.23 bits per heavy atom. The summed E-state index contributed by atoms with van der Waals surface area (Å²) in [5, 5.41) is 0. The van der Waals surface area contributed by atoms with Gasteiger partial charge in [-0.25, -0.2) is 0 Å². The second-order valence-corrected chi connectivity index (χ2v) is 9.61. The van der Waals surface area contributed by atoms with Crippen molar-refractivity contribution < 1.29 is 25.2 Å². The fourth-order valence-electron chi connectivity index (χ4n) is 1.69. The molecule has 0 aliphatic rings. The molecule has 0 aromatic carbocycles. The monoisotopic (exact) mass is 356 g/mol. The normalized spacial score (nSPS) is 14.6. The van der Waals surface area contributed by atoms with Crippen LogP contribution in [0.25, 0.3) is 0 Å². The van der Waals surface area contributed by atoms with Crippen molar-refractivity contribution in [2.24, 2.45) is 0 Å². The van der Waals surface area contributed by atoms with Crippen LogP contribution in [0.15, 0.2) is 12.2 Å². The van der Waals surface area contributed by atoms with Crippen LogP contribution >= 0.6 is 0 Å². The van der Waals surface area contributed by atoms with Crippen LogP contribution in [0.4, 0.5) is 0 Å². The highest BCUT2D eigenvalue weighted by molar-refractivity contribution is 7.87. The van der Waals surface area contributed by atoms with Crippen LogP contribution in [-0.2, 0) is 28.6 Å². The van der Waals surface area contributed by atoms with Gasteiger partial charge in [0.15, 0.2) is 0 Å². The van der Waals surface area contributed by atoms with Crippen LogP contribution in [0.5, 0.6) is 0 Å². The molecule has 0 N–H and O–H groups in total. The van der Waals surface area contributed by atoms with Crippen molar-refractivity contribution in [3.05, 3.63) is 12.2 Å². The Hall–Kier alpha value is -0.440. The highest BCUT2D eigenvalue weighted by Gasteiger charge is 2.27. The molecule has 0 spiro atoms. The Bertz CT molecular complexity index is 518. The summed E-state index contributed by atoms with van der Waals surface area (Å²) < 4.78 is 57.0. The molecule has 0 unspecified atom stereocenters. The van der Waals surface area contributed by atoms with E-state index in [-0.39, 0.29) is 11.5 Å². The first-order chi connectivity index (χ1) is 9.74. The molecule has 6 nitrogen and oxygen atoms in total. The summed E-state index contributed by atoms with van der Waals surface area (Å²) >= 11 is 0. The van der Waals surface area contributed by atoms with Crippen molar-refractivity contribution in [2.45, 2.75) is 65.6 Å². The van der Waals surface area contributed by atoms with Crippen molar-refractivity contribution in [2.75, 3.05) is 11.5 Å². The molecule has 0 heterocycles. The summed E-state index contributed by atoms with van der Waals surface area (Å²) in [6.45, 7) is 9.86. The molecule has 0 rings (SSSR count). The Kier molecular flexibility index (Phi) is 7.74. The molecule has 0 aromatic heterocycles. The van der Waals surface area contributed by atoms with Gasteiger partial charge in [-0.2, -0.15) is 16.8 Å². The van der Waals surface area contributed by atoms with Gasteiger partial charge >= 0.3 is 0 Å². The average Bonchev–Trinajstić information content (AvgIpc) is 2.23. The summed E-state index contributed by atoms with van der Waals surface area (Å²) in [4.78, 5) is 0. The highest BCUT2D eigenvalue weighted by Crippen LogP contribution is 2.21. The van der Waals surface area contributed by atoms with Gasteiger partial charge in [0.05, 0.1) is 11.5 Å². The maximum Gasteiger partial charge on any atom is 0.268 e. The largest absolute Gasteiger partial charge is 0.268 e. The van der Waals surface area contributed by atoms with E-state index in [1.807, 2.05) is 0 Å². The summed E-state index contributed by atoms with van der Waals surface area (Å²) in [5.74, 6) is -0.121. The SMILES string of the molecule is CCCS(=O)(=O)OC(C)(C)C=CC(C)(C)OS(=O)(=O)CCC. The number of rotatable bonds is 10. The average molecular weight is 357 g/mol. The summed E-state index contributed by atoms with van der Waals surface area (Å²) in [5.41, 5.74) is -2.16. The zero-order valence-electron chi connectivity index (χ0n) is 14.2. The topological polar surface area (TPSA) is 86.7 Å². The minimum atomic E-state index is -3.61. The van der Waals surface area contributed by atoms with Gasteiger partial charge in [0, 0.05) is 0 Å². The summed E-state index contributed by atoms with van der Waals surface area (Å²) in [7, 11) is -7.22. The van der Waals surface area contributed by atoms with E-state index >= 15 is 0 Å². The molecule has 0 saturated carbocycles. The first-order valence-corrected chi connectivity index (χ1v) is 10.5. The van der Waals surface area contributed by atoms with Crippen molar-refractivity contribution in [3.63, 3.8) is 0 Å². The van der Waals surface area contributed by atoms with E-state index in [2.05, 4.69) is 0 Å². The van der Waals surface area contributed by atoms with Crippen LogP contribution < -0.4 is 0 Å². The molecule has 132 valence electrons. The molecular weight excluding hydrogens is 328 g/mol. The van der Waals surface area contributed by atoms with Gasteiger partial charge in [-0.1, -0.05) is 26.0 Å². The molecule has 8 heteroatoms. The molecule has 22 heavy (non-hydrogen) atoms. The second kappa shape index (κ2) is 7.90. The molecule has 0 atom stereocenters. The lowest BCUT2D eigenvalue weighted by Crippen LogP contribution is -2.31. The van der Waals surface area contributed by atoms with E-state index in [9.17, 15) is 16.8 Å². The lowest BCUT2D eigenvalue weighted by atomic mass is 10.0. The van der Waals surface area contributed by atoms with Gasteiger partial charge in [0.2, 0.25) is 0 Å². The van der Waals surface area contributed by atoms with Crippen LogP contribution in [-0.4, -0.2) is 39.5 Å². The molecule has 0 fully saturated rings. The molecular formula is C14H28O6S2. The zero-order chi connectivity index (χ0) is 17.7. The van der Waals surface area contributed by atoms with Crippen LogP contribution in [0.2, 0.25) is 0 Å². The van der Waals surface area contributed by atoms with Gasteiger partial charge in [0.1, 0.15) is 11.2 Å². The Morgan fingerprint density at radius 2 is 1.00 bits per heavy atom. The van der Waals surface area contributed by atoms with Crippen molar-refractivity contribution >= 4 is 20.2 Å². The van der Waals surface area contributed by atoms with Crippen molar-refractivity contribution in [1.29, 1.82) is 0 Å². The predicted molar refractivity (Wildman–Crippen MR) is 87.6 cm³/mol. The first-order valence-electron chi connectivity index (χ1n) is 7.31. The Labute approximate surface area is 135 Å². The minimum Gasteiger partial charge on any atom is -0.260 e. The summed E-state index contributed by atoms with van der Waals surface area (Å²) in [6, 6.07) is 0. The molecule has 0 saturated heterocycles. The van der Waals surface area contributed by atoms with Gasteiger partial charge in [-0.3, -0.25) is 8.37 Å². The standard InChI is InChI=1S/C14H28O6S2/c1-7-11-21(15,16)19-13(3,4)9-10-14(5,6)20-22(17,18)12-8-2/h9-10H,7-8,11-12H2,1-6H3. The molecule has 0 aliphatic heterocycles. The van der Waals surface area contributed by atoms with E-state index in [0.29, 0.717) is 12.8 Å². The molecule has 0 aromatic rings. The first kappa shape index (κ1) is 21.6. The smallest absolute Gasteiger partial charge is 0.260 e. The van der Waals surface area contributed by atoms with E-state index < -0.39 is 31.4 Å². The van der Waals surface area contributed by atoms with Gasteiger partial charge < -0.3 is 0 Å².